The maximum absolute atomic E-state index is 12.2. The summed E-state index contributed by atoms with van der Waals surface area (Å²) in [7, 11) is -1.59. The van der Waals surface area contributed by atoms with Crippen molar-refractivity contribution >= 4 is 10.0 Å². The Balaban J connectivity index is 2.76. The third-order valence-corrected chi connectivity index (χ3v) is 4.93. The lowest BCUT2D eigenvalue weighted by Gasteiger charge is -2.18. The average molecular weight is 308 g/mol. The molecular formula is C16H24N2O2S. The molecule has 0 heterocycles. The van der Waals surface area contributed by atoms with Crippen LogP contribution >= 0.6 is 0 Å². The molecule has 0 saturated heterocycles. The lowest BCUT2D eigenvalue weighted by molar-refractivity contribution is 0.460. The molecule has 1 rings (SSSR count). The van der Waals surface area contributed by atoms with Gasteiger partial charge in [0, 0.05) is 19.2 Å². The van der Waals surface area contributed by atoms with E-state index in [0.717, 1.165) is 11.1 Å². The van der Waals surface area contributed by atoms with Gasteiger partial charge in [-0.15, -0.1) is 0 Å². The quantitative estimate of drug-likeness (QED) is 0.815. The van der Waals surface area contributed by atoms with E-state index in [-0.39, 0.29) is 5.75 Å². The fourth-order valence-electron chi connectivity index (χ4n) is 1.80. The van der Waals surface area contributed by atoms with Gasteiger partial charge in [-0.2, -0.15) is 0 Å². The van der Waals surface area contributed by atoms with Crippen molar-refractivity contribution in [2.75, 3.05) is 19.3 Å². The van der Waals surface area contributed by atoms with Crippen molar-refractivity contribution < 1.29 is 8.42 Å². The van der Waals surface area contributed by atoms with Crippen molar-refractivity contribution in [1.29, 1.82) is 0 Å². The van der Waals surface area contributed by atoms with Crippen molar-refractivity contribution in [3.05, 3.63) is 35.4 Å². The SMILES string of the molecule is CC(C)CCS(=O)(=O)N(C)Cc1cccc(C#CCN)c1. The van der Waals surface area contributed by atoms with Crippen molar-refractivity contribution in [2.45, 2.75) is 26.8 Å². The van der Waals surface area contributed by atoms with Crippen molar-refractivity contribution in [2.24, 2.45) is 11.7 Å². The van der Waals surface area contributed by atoms with Gasteiger partial charge >= 0.3 is 0 Å². The summed E-state index contributed by atoms with van der Waals surface area (Å²) in [5, 5.41) is 0. The van der Waals surface area contributed by atoms with Crippen LogP contribution in [0.4, 0.5) is 0 Å². The molecule has 0 atom stereocenters. The lowest BCUT2D eigenvalue weighted by atomic mass is 10.1. The molecule has 0 aromatic heterocycles. The first-order chi connectivity index (χ1) is 9.85. The highest BCUT2D eigenvalue weighted by molar-refractivity contribution is 7.89. The second kappa shape index (κ2) is 8.18. The minimum absolute atomic E-state index is 0.188. The molecule has 0 radical (unpaired) electrons. The Morgan fingerprint density at radius 2 is 2.05 bits per heavy atom. The Morgan fingerprint density at radius 1 is 1.33 bits per heavy atom. The smallest absolute Gasteiger partial charge is 0.214 e. The zero-order valence-electron chi connectivity index (χ0n) is 13.0. The molecule has 0 amide bonds. The molecule has 5 heteroatoms. The van der Waals surface area contributed by atoms with Crippen molar-refractivity contribution in [3.63, 3.8) is 0 Å². The van der Waals surface area contributed by atoms with E-state index < -0.39 is 10.0 Å². The first-order valence-electron chi connectivity index (χ1n) is 7.07. The molecule has 0 saturated carbocycles. The molecule has 116 valence electrons. The molecule has 0 bridgehead atoms. The Bertz CT molecular complexity index is 613. The van der Waals surface area contributed by atoms with Gasteiger partial charge in [0.25, 0.3) is 0 Å². The number of sulfonamides is 1. The van der Waals surface area contributed by atoms with Gasteiger partial charge < -0.3 is 5.73 Å². The van der Waals surface area contributed by atoms with Crippen LogP contribution in [0.25, 0.3) is 0 Å². The Kier molecular flexibility index (Phi) is 6.90. The van der Waals surface area contributed by atoms with Gasteiger partial charge in [-0.05, 0) is 30.0 Å². The summed E-state index contributed by atoms with van der Waals surface area (Å²) in [6.45, 7) is 4.72. The lowest BCUT2D eigenvalue weighted by Crippen LogP contribution is -2.29. The fraction of sp³-hybridized carbons (Fsp3) is 0.500. The maximum atomic E-state index is 12.2. The molecule has 0 fully saturated rings. The second-order valence-electron chi connectivity index (χ2n) is 5.46. The van der Waals surface area contributed by atoms with E-state index in [1.54, 1.807) is 7.05 Å². The summed E-state index contributed by atoms with van der Waals surface area (Å²) in [6, 6.07) is 7.57. The van der Waals surface area contributed by atoms with Crippen LogP contribution < -0.4 is 5.73 Å². The molecule has 2 N–H and O–H groups in total. The monoisotopic (exact) mass is 308 g/mol. The Morgan fingerprint density at radius 3 is 2.67 bits per heavy atom. The predicted octanol–water partition coefficient (Wildman–Crippen LogP) is 1.80. The number of rotatable bonds is 6. The first-order valence-corrected chi connectivity index (χ1v) is 8.68. The van der Waals surface area contributed by atoms with E-state index in [9.17, 15) is 8.42 Å². The molecule has 0 aliphatic rings. The molecule has 4 nitrogen and oxygen atoms in total. The van der Waals surface area contributed by atoms with E-state index >= 15 is 0 Å². The van der Waals surface area contributed by atoms with E-state index in [4.69, 9.17) is 5.73 Å². The standard InChI is InChI=1S/C16H24N2O2S/c1-14(2)9-11-21(19,20)18(3)13-16-7-4-6-15(12-16)8-5-10-17/h4,6-7,12,14H,9-11,13,17H2,1-3H3. The fourth-order valence-corrected chi connectivity index (χ4v) is 3.22. The van der Waals surface area contributed by atoms with Crippen LogP contribution in [-0.4, -0.2) is 32.1 Å². The summed E-state index contributed by atoms with van der Waals surface area (Å²) >= 11 is 0. The van der Waals surface area contributed by atoms with E-state index in [2.05, 4.69) is 11.8 Å². The second-order valence-corrected chi connectivity index (χ2v) is 7.66. The highest BCUT2D eigenvalue weighted by atomic mass is 32.2. The topological polar surface area (TPSA) is 63.4 Å². The largest absolute Gasteiger partial charge is 0.320 e. The molecule has 21 heavy (non-hydrogen) atoms. The normalized spacial score (nSPS) is 11.5. The predicted molar refractivity (Wildman–Crippen MR) is 87.1 cm³/mol. The van der Waals surface area contributed by atoms with Crippen LogP contribution in [0.1, 0.15) is 31.4 Å². The van der Waals surface area contributed by atoms with E-state index in [0.29, 0.717) is 25.4 Å². The number of benzene rings is 1. The number of nitrogens with zero attached hydrogens (tertiary/aromatic N) is 1. The average Bonchev–Trinajstić information content (AvgIpc) is 2.43. The van der Waals surface area contributed by atoms with Gasteiger partial charge in [-0.25, -0.2) is 12.7 Å². The molecule has 0 aliphatic carbocycles. The Hall–Kier alpha value is -1.35. The van der Waals surface area contributed by atoms with Gasteiger partial charge in [0.2, 0.25) is 10.0 Å². The van der Waals surface area contributed by atoms with Gasteiger partial charge in [-0.1, -0.05) is 37.8 Å². The molecule has 0 unspecified atom stereocenters. The minimum Gasteiger partial charge on any atom is -0.320 e. The molecule has 0 spiro atoms. The van der Waals surface area contributed by atoms with Crippen molar-refractivity contribution in [3.8, 4) is 11.8 Å². The summed E-state index contributed by atoms with van der Waals surface area (Å²) in [6.07, 6.45) is 0.675. The van der Waals surface area contributed by atoms with Crippen LogP contribution in [0, 0.1) is 17.8 Å². The minimum atomic E-state index is -3.21. The number of hydrogen-bond donors (Lipinski definition) is 1. The summed E-state index contributed by atoms with van der Waals surface area (Å²) in [5.74, 6) is 6.31. The van der Waals surface area contributed by atoms with Gasteiger partial charge in [0.05, 0.1) is 12.3 Å². The van der Waals surface area contributed by atoms with E-state index in [1.807, 2.05) is 38.1 Å². The van der Waals surface area contributed by atoms with Crippen LogP contribution in [-0.2, 0) is 16.6 Å². The van der Waals surface area contributed by atoms with Gasteiger partial charge in [-0.3, -0.25) is 0 Å². The third kappa shape index (κ3) is 6.30. The third-order valence-electron chi connectivity index (χ3n) is 3.10. The van der Waals surface area contributed by atoms with Crippen LogP contribution in [0.5, 0.6) is 0 Å². The Labute approximate surface area is 128 Å². The summed E-state index contributed by atoms with van der Waals surface area (Å²) < 4.78 is 25.8. The maximum Gasteiger partial charge on any atom is 0.214 e. The van der Waals surface area contributed by atoms with Crippen LogP contribution in [0.3, 0.4) is 0 Å². The van der Waals surface area contributed by atoms with E-state index in [1.165, 1.54) is 4.31 Å². The molecule has 0 aliphatic heterocycles. The molecular weight excluding hydrogens is 284 g/mol. The van der Waals surface area contributed by atoms with Gasteiger partial charge in [0.15, 0.2) is 0 Å². The van der Waals surface area contributed by atoms with Crippen LogP contribution in [0.2, 0.25) is 0 Å². The number of hydrogen-bond acceptors (Lipinski definition) is 3. The molecule has 1 aromatic rings. The zero-order chi connectivity index (χ0) is 15.9. The number of nitrogens with two attached hydrogens (primary N) is 1. The summed E-state index contributed by atoms with van der Waals surface area (Å²) in [4.78, 5) is 0. The van der Waals surface area contributed by atoms with Crippen LogP contribution in [0.15, 0.2) is 24.3 Å². The summed E-state index contributed by atoms with van der Waals surface area (Å²) in [5.41, 5.74) is 7.13. The highest BCUT2D eigenvalue weighted by Crippen LogP contribution is 2.12. The zero-order valence-corrected chi connectivity index (χ0v) is 13.8. The van der Waals surface area contributed by atoms with Crippen molar-refractivity contribution in [1.82, 2.24) is 4.31 Å². The molecule has 1 aromatic carbocycles. The first kappa shape index (κ1) is 17.7. The van der Waals surface area contributed by atoms with Gasteiger partial charge in [0.1, 0.15) is 0 Å². The highest BCUT2D eigenvalue weighted by Gasteiger charge is 2.18.